The summed E-state index contributed by atoms with van der Waals surface area (Å²) in [7, 11) is 0. The average molecular weight is 417 g/mol. The normalized spacial score (nSPS) is 16.7. The molecule has 3 heteroatoms. The fraction of sp³-hybridized carbons (Fsp3) is 0.393. The van der Waals surface area contributed by atoms with Crippen LogP contribution in [-0.2, 0) is 4.79 Å². The predicted molar refractivity (Wildman–Crippen MR) is 135 cm³/mol. The molecule has 2 aromatic carbocycles. The van der Waals surface area contributed by atoms with Crippen molar-refractivity contribution in [1.29, 1.82) is 0 Å². The SMILES string of the molecule is CCN(CC)c1cccc(/C=C2/CCC/C(=C\c3cccc(N(CC)CC)c3)C2=O)c1. The molecule has 0 spiro atoms. The van der Waals surface area contributed by atoms with Crippen LogP contribution in [0.4, 0.5) is 11.4 Å². The minimum atomic E-state index is 0.202. The molecule has 0 atom stereocenters. The van der Waals surface area contributed by atoms with E-state index in [2.05, 4.69) is 98.2 Å². The van der Waals surface area contributed by atoms with Crippen molar-refractivity contribution >= 4 is 29.3 Å². The molecule has 31 heavy (non-hydrogen) atoms. The molecule has 0 saturated heterocycles. The second-order valence-corrected chi connectivity index (χ2v) is 8.06. The number of hydrogen-bond acceptors (Lipinski definition) is 3. The highest BCUT2D eigenvalue weighted by Gasteiger charge is 2.20. The van der Waals surface area contributed by atoms with Crippen molar-refractivity contribution in [2.45, 2.75) is 47.0 Å². The molecule has 0 N–H and O–H groups in total. The average Bonchev–Trinajstić information content (AvgIpc) is 2.79. The first-order valence-corrected chi connectivity index (χ1v) is 11.7. The van der Waals surface area contributed by atoms with Crippen molar-refractivity contribution in [3.05, 3.63) is 70.8 Å². The first-order chi connectivity index (χ1) is 15.1. The molecule has 0 aromatic heterocycles. The lowest BCUT2D eigenvalue weighted by molar-refractivity contribution is -0.112. The lowest BCUT2D eigenvalue weighted by Gasteiger charge is -2.22. The van der Waals surface area contributed by atoms with Gasteiger partial charge in [-0.25, -0.2) is 0 Å². The largest absolute Gasteiger partial charge is 0.372 e. The van der Waals surface area contributed by atoms with Crippen molar-refractivity contribution in [2.75, 3.05) is 36.0 Å². The molecule has 1 aliphatic carbocycles. The molecule has 164 valence electrons. The van der Waals surface area contributed by atoms with Crippen LogP contribution in [0.1, 0.15) is 58.1 Å². The first-order valence-electron chi connectivity index (χ1n) is 11.7. The van der Waals surface area contributed by atoms with E-state index < -0.39 is 0 Å². The van der Waals surface area contributed by atoms with E-state index in [0.29, 0.717) is 0 Å². The lowest BCUT2D eigenvalue weighted by Crippen LogP contribution is -2.21. The number of rotatable bonds is 8. The van der Waals surface area contributed by atoms with Gasteiger partial charge in [-0.15, -0.1) is 0 Å². The van der Waals surface area contributed by atoms with Gasteiger partial charge in [-0.3, -0.25) is 4.79 Å². The van der Waals surface area contributed by atoms with E-state index in [1.807, 2.05) is 0 Å². The van der Waals surface area contributed by atoms with Crippen molar-refractivity contribution in [3.63, 3.8) is 0 Å². The molecule has 0 aliphatic heterocycles. The van der Waals surface area contributed by atoms with E-state index in [4.69, 9.17) is 0 Å². The molecule has 1 saturated carbocycles. The molecular formula is C28H36N2O. The van der Waals surface area contributed by atoms with Gasteiger partial charge < -0.3 is 9.80 Å². The molecule has 0 radical (unpaired) electrons. The Morgan fingerprint density at radius 3 is 1.52 bits per heavy atom. The number of benzene rings is 2. The number of allylic oxidation sites excluding steroid dienone is 2. The summed E-state index contributed by atoms with van der Waals surface area (Å²) in [5.41, 5.74) is 6.50. The zero-order valence-electron chi connectivity index (χ0n) is 19.5. The highest BCUT2D eigenvalue weighted by Crippen LogP contribution is 2.29. The Balaban J connectivity index is 1.85. The molecular weight excluding hydrogens is 380 g/mol. The van der Waals surface area contributed by atoms with Crippen LogP contribution in [0, 0.1) is 0 Å². The Kier molecular flexibility index (Phi) is 8.11. The fourth-order valence-electron chi connectivity index (χ4n) is 4.38. The van der Waals surface area contributed by atoms with Crippen LogP contribution in [0.15, 0.2) is 59.7 Å². The third kappa shape index (κ3) is 5.66. The van der Waals surface area contributed by atoms with Crippen molar-refractivity contribution < 1.29 is 4.79 Å². The Labute approximate surface area is 188 Å². The number of carbonyl (C=O) groups is 1. The summed E-state index contributed by atoms with van der Waals surface area (Å²) in [4.78, 5) is 17.9. The molecule has 3 rings (SSSR count). The molecule has 1 aliphatic rings. The Morgan fingerprint density at radius 2 is 1.13 bits per heavy atom. The molecule has 3 nitrogen and oxygen atoms in total. The Morgan fingerprint density at radius 1 is 0.710 bits per heavy atom. The van der Waals surface area contributed by atoms with E-state index in [1.165, 1.54) is 11.4 Å². The topological polar surface area (TPSA) is 23.6 Å². The van der Waals surface area contributed by atoms with Crippen LogP contribution >= 0.6 is 0 Å². The number of Topliss-reactive ketones (excluding diaryl/α,β-unsaturated/α-hetero) is 1. The van der Waals surface area contributed by atoms with Gasteiger partial charge >= 0.3 is 0 Å². The van der Waals surface area contributed by atoms with Gasteiger partial charge in [0.25, 0.3) is 0 Å². The van der Waals surface area contributed by atoms with E-state index in [1.54, 1.807) is 0 Å². The van der Waals surface area contributed by atoms with Crippen LogP contribution < -0.4 is 9.80 Å². The van der Waals surface area contributed by atoms with E-state index in [0.717, 1.165) is 67.7 Å². The van der Waals surface area contributed by atoms with Gasteiger partial charge in [0, 0.05) is 48.7 Å². The fourth-order valence-corrected chi connectivity index (χ4v) is 4.38. The van der Waals surface area contributed by atoms with E-state index in [-0.39, 0.29) is 5.78 Å². The zero-order chi connectivity index (χ0) is 22.2. The van der Waals surface area contributed by atoms with Crippen molar-refractivity contribution in [3.8, 4) is 0 Å². The van der Waals surface area contributed by atoms with Crippen LogP contribution in [-0.4, -0.2) is 32.0 Å². The van der Waals surface area contributed by atoms with Crippen LogP contribution in [0.2, 0.25) is 0 Å². The van der Waals surface area contributed by atoms with Crippen LogP contribution in [0.5, 0.6) is 0 Å². The van der Waals surface area contributed by atoms with Gasteiger partial charge in [0.2, 0.25) is 0 Å². The molecule has 1 fully saturated rings. The number of anilines is 2. The molecule has 0 unspecified atom stereocenters. The second kappa shape index (κ2) is 11.0. The summed E-state index contributed by atoms with van der Waals surface area (Å²) in [5.74, 6) is 0.202. The van der Waals surface area contributed by atoms with Gasteiger partial charge in [-0.1, -0.05) is 24.3 Å². The summed E-state index contributed by atoms with van der Waals surface area (Å²) in [6, 6.07) is 17.0. The highest BCUT2D eigenvalue weighted by molar-refractivity contribution is 6.14. The third-order valence-corrected chi connectivity index (χ3v) is 6.15. The Bertz CT molecular complexity index is 873. The van der Waals surface area contributed by atoms with Crippen LogP contribution in [0.25, 0.3) is 12.2 Å². The summed E-state index contributed by atoms with van der Waals surface area (Å²) in [6.07, 6.45) is 6.91. The maximum Gasteiger partial charge on any atom is 0.185 e. The molecule has 0 bridgehead atoms. The number of carbonyl (C=O) groups excluding carboxylic acids is 1. The van der Waals surface area contributed by atoms with Gasteiger partial charge in [0.05, 0.1) is 0 Å². The van der Waals surface area contributed by atoms with Crippen LogP contribution in [0.3, 0.4) is 0 Å². The summed E-state index contributed by atoms with van der Waals surface area (Å²) < 4.78 is 0. The smallest absolute Gasteiger partial charge is 0.185 e. The maximum atomic E-state index is 13.2. The lowest BCUT2D eigenvalue weighted by atomic mass is 9.86. The van der Waals surface area contributed by atoms with Gasteiger partial charge in [-0.2, -0.15) is 0 Å². The van der Waals surface area contributed by atoms with Gasteiger partial charge in [0.1, 0.15) is 0 Å². The molecule has 0 amide bonds. The zero-order valence-corrected chi connectivity index (χ0v) is 19.5. The van der Waals surface area contributed by atoms with E-state index >= 15 is 0 Å². The minimum Gasteiger partial charge on any atom is -0.372 e. The molecule has 2 aromatic rings. The van der Waals surface area contributed by atoms with Crippen molar-refractivity contribution in [1.82, 2.24) is 0 Å². The number of ketones is 1. The highest BCUT2D eigenvalue weighted by atomic mass is 16.1. The first kappa shape index (κ1) is 22.9. The van der Waals surface area contributed by atoms with Crippen molar-refractivity contribution in [2.24, 2.45) is 0 Å². The predicted octanol–water partition coefficient (Wildman–Crippen LogP) is 6.60. The summed E-state index contributed by atoms with van der Waals surface area (Å²) in [6.45, 7) is 12.6. The number of hydrogen-bond donors (Lipinski definition) is 0. The standard InChI is InChI=1S/C28H36N2O/c1-5-29(6-2)26-16-9-12-22(20-26)18-24-14-11-15-25(28(24)31)19-23-13-10-17-27(21-23)30(7-3)8-4/h9-10,12-13,16-21H,5-8,11,14-15H2,1-4H3/b24-18-,25-19+. The summed E-state index contributed by atoms with van der Waals surface area (Å²) in [5, 5.41) is 0. The van der Waals surface area contributed by atoms with Gasteiger partial charge in [0.15, 0.2) is 5.78 Å². The second-order valence-electron chi connectivity index (χ2n) is 8.06. The minimum absolute atomic E-state index is 0.202. The number of nitrogens with zero attached hydrogens (tertiary/aromatic N) is 2. The quantitative estimate of drug-likeness (QED) is 0.453. The summed E-state index contributed by atoms with van der Waals surface area (Å²) >= 11 is 0. The van der Waals surface area contributed by atoms with E-state index in [9.17, 15) is 4.79 Å². The monoisotopic (exact) mass is 416 g/mol. The van der Waals surface area contributed by atoms with Gasteiger partial charge in [-0.05, 0) is 94.5 Å². The Hall–Kier alpha value is -2.81. The maximum absolute atomic E-state index is 13.2. The third-order valence-electron chi connectivity index (χ3n) is 6.15. The molecule has 0 heterocycles.